The van der Waals surface area contributed by atoms with Crippen molar-refractivity contribution < 1.29 is 9.59 Å². The van der Waals surface area contributed by atoms with E-state index in [1.807, 2.05) is 30.3 Å². The Hall–Kier alpha value is -3.78. The second kappa shape index (κ2) is 9.35. The number of fused-ring (bicyclic) bond motifs is 1. The number of hydrogen-bond acceptors (Lipinski definition) is 6. The van der Waals surface area contributed by atoms with Crippen LogP contribution in [0.2, 0.25) is 5.02 Å². The third kappa shape index (κ3) is 4.22. The van der Waals surface area contributed by atoms with Gasteiger partial charge in [0.1, 0.15) is 6.33 Å². The van der Waals surface area contributed by atoms with Crippen LogP contribution in [0.4, 0.5) is 0 Å². The monoisotopic (exact) mass is 502 g/mol. The summed E-state index contributed by atoms with van der Waals surface area (Å²) in [5.41, 5.74) is 8.94. The molecule has 2 aliphatic heterocycles. The molecule has 2 aromatic carbocycles. The number of amides is 2. The van der Waals surface area contributed by atoms with E-state index in [1.54, 1.807) is 29.3 Å². The summed E-state index contributed by atoms with van der Waals surface area (Å²) in [6.07, 6.45) is 3.74. The summed E-state index contributed by atoms with van der Waals surface area (Å²) in [6, 6.07) is 14.8. The number of rotatable bonds is 6. The number of carbonyl (C=O) groups is 2. The molecule has 184 valence electrons. The Kier molecular flexibility index (Phi) is 6.22. The molecule has 5 rings (SSSR count). The highest BCUT2D eigenvalue weighted by atomic mass is 35.5. The zero-order valence-electron chi connectivity index (χ0n) is 20.2. The predicted molar refractivity (Wildman–Crippen MR) is 137 cm³/mol. The third-order valence-electron chi connectivity index (χ3n) is 6.61. The first-order valence-electron chi connectivity index (χ1n) is 11.9. The summed E-state index contributed by atoms with van der Waals surface area (Å²) in [6.45, 7) is 5.13. The molecule has 2 aliphatic rings. The number of aromatic nitrogens is 2. The number of benzene rings is 2. The van der Waals surface area contributed by atoms with Gasteiger partial charge in [-0.25, -0.2) is 15.0 Å². The van der Waals surface area contributed by atoms with E-state index in [1.165, 1.54) is 11.2 Å². The van der Waals surface area contributed by atoms with Gasteiger partial charge in [-0.3, -0.25) is 14.5 Å². The summed E-state index contributed by atoms with van der Waals surface area (Å²) in [5, 5.41) is 0.346. The Morgan fingerprint density at radius 3 is 2.67 bits per heavy atom. The lowest BCUT2D eigenvalue weighted by Gasteiger charge is -2.28. The molecule has 0 fully saturated rings. The molecule has 0 saturated heterocycles. The smallest absolute Gasteiger partial charge is 0.262 e. The van der Waals surface area contributed by atoms with Crippen molar-refractivity contribution in [2.75, 3.05) is 0 Å². The summed E-state index contributed by atoms with van der Waals surface area (Å²) < 4.78 is 0. The highest BCUT2D eigenvalue weighted by Gasteiger charge is 2.49. The molecular formula is C27H27ClN6O2. The van der Waals surface area contributed by atoms with Crippen molar-refractivity contribution in [2.45, 2.75) is 45.4 Å². The predicted octanol–water partition coefficient (Wildman–Crippen LogP) is 3.88. The van der Waals surface area contributed by atoms with Crippen LogP contribution < -0.4 is 5.73 Å². The van der Waals surface area contributed by atoms with Gasteiger partial charge in [-0.2, -0.15) is 0 Å². The van der Waals surface area contributed by atoms with Crippen LogP contribution in [0.15, 0.2) is 66.0 Å². The molecule has 3 aromatic rings. The molecule has 0 spiro atoms. The van der Waals surface area contributed by atoms with E-state index < -0.39 is 5.54 Å². The van der Waals surface area contributed by atoms with Crippen LogP contribution in [0, 0.1) is 5.92 Å². The van der Waals surface area contributed by atoms with Gasteiger partial charge < -0.3 is 10.6 Å². The quantitative estimate of drug-likeness (QED) is 0.550. The number of aliphatic imine (C=N–C) groups is 1. The molecule has 2 N–H and O–H groups in total. The summed E-state index contributed by atoms with van der Waals surface area (Å²) in [7, 11) is 0. The average Bonchev–Trinajstić information content (AvgIpc) is 3.40. The van der Waals surface area contributed by atoms with Crippen LogP contribution in [0.3, 0.4) is 0 Å². The highest BCUT2D eigenvalue weighted by Crippen LogP contribution is 2.39. The number of hydrogen-bond donors (Lipinski definition) is 1. The standard InChI is InChI=1S/C27H27ClN6O2/c1-17(2)11-27(20-6-4-3-5-7-20)25(36)34(26(29)32-27)13-18-8-9-22(28)21(10-18)24(35)33-14-19-12-30-16-31-23(19)15-33/h3-10,12,16-17H,11,13-15H2,1-2H3,(H2,29,32). The first kappa shape index (κ1) is 23.9. The lowest BCUT2D eigenvalue weighted by molar-refractivity contribution is -0.132. The molecule has 3 heterocycles. The van der Waals surface area contributed by atoms with Crippen molar-refractivity contribution in [1.29, 1.82) is 0 Å². The first-order chi connectivity index (χ1) is 17.3. The van der Waals surface area contributed by atoms with Crippen LogP contribution in [0.5, 0.6) is 0 Å². The van der Waals surface area contributed by atoms with Crippen LogP contribution in [0.1, 0.15) is 53.0 Å². The Balaban J connectivity index is 1.40. The van der Waals surface area contributed by atoms with Gasteiger partial charge in [0.2, 0.25) is 0 Å². The zero-order chi connectivity index (χ0) is 25.4. The van der Waals surface area contributed by atoms with Crippen molar-refractivity contribution >= 4 is 29.4 Å². The Morgan fingerprint density at radius 2 is 1.94 bits per heavy atom. The molecule has 2 amide bonds. The van der Waals surface area contributed by atoms with Crippen LogP contribution in [0.25, 0.3) is 0 Å². The minimum absolute atomic E-state index is 0.167. The van der Waals surface area contributed by atoms with Gasteiger partial charge >= 0.3 is 0 Å². The fraction of sp³-hybridized carbons (Fsp3) is 0.296. The maximum absolute atomic E-state index is 13.8. The van der Waals surface area contributed by atoms with Crippen LogP contribution >= 0.6 is 11.6 Å². The molecule has 1 atom stereocenters. The molecule has 8 nitrogen and oxygen atoms in total. The Bertz CT molecular complexity index is 1330. The number of guanidine groups is 1. The van der Waals surface area contributed by atoms with E-state index >= 15 is 0 Å². The van der Waals surface area contributed by atoms with E-state index in [4.69, 9.17) is 22.3 Å². The molecule has 0 radical (unpaired) electrons. The number of nitrogens with zero attached hydrogens (tertiary/aromatic N) is 5. The summed E-state index contributed by atoms with van der Waals surface area (Å²) in [5.74, 6) is 0.0181. The van der Waals surface area contributed by atoms with Crippen molar-refractivity contribution in [3.05, 3.63) is 94.0 Å². The minimum atomic E-state index is -1.06. The minimum Gasteiger partial charge on any atom is -0.369 e. The van der Waals surface area contributed by atoms with Crippen molar-refractivity contribution in [2.24, 2.45) is 16.6 Å². The van der Waals surface area contributed by atoms with E-state index in [0.717, 1.165) is 22.4 Å². The van der Waals surface area contributed by atoms with Gasteiger partial charge in [-0.15, -0.1) is 0 Å². The van der Waals surface area contributed by atoms with Gasteiger partial charge in [0, 0.05) is 18.3 Å². The lowest BCUT2D eigenvalue weighted by Crippen LogP contribution is -2.43. The lowest BCUT2D eigenvalue weighted by atomic mass is 9.82. The molecule has 1 aromatic heterocycles. The number of carbonyl (C=O) groups excluding carboxylic acids is 2. The highest BCUT2D eigenvalue weighted by molar-refractivity contribution is 6.33. The van der Waals surface area contributed by atoms with Gasteiger partial charge in [0.05, 0.1) is 29.4 Å². The Morgan fingerprint density at radius 1 is 1.17 bits per heavy atom. The van der Waals surface area contributed by atoms with E-state index in [-0.39, 0.29) is 30.2 Å². The van der Waals surface area contributed by atoms with Crippen LogP contribution in [-0.4, -0.2) is 37.5 Å². The fourth-order valence-corrected chi connectivity index (χ4v) is 5.16. The summed E-state index contributed by atoms with van der Waals surface area (Å²) >= 11 is 6.43. The molecule has 36 heavy (non-hydrogen) atoms. The van der Waals surface area contributed by atoms with Crippen molar-refractivity contribution in [3.63, 3.8) is 0 Å². The molecule has 0 bridgehead atoms. The maximum atomic E-state index is 13.8. The largest absolute Gasteiger partial charge is 0.369 e. The van der Waals surface area contributed by atoms with E-state index in [9.17, 15) is 9.59 Å². The van der Waals surface area contributed by atoms with E-state index in [0.29, 0.717) is 30.1 Å². The van der Waals surface area contributed by atoms with Crippen molar-refractivity contribution in [3.8, 4) is 0 Å². The normalized spacial score (nSPS) is 19.1. The van der Waals surface area contributed by atoms with Crippen LogP contribution in [-0.2, 0) is 30.0 Å². The topological polar surface area (TPSA) is 105 Å². The summed E-state index contributed by atoms with van der Waals surface area (Å²) in [4.78, 5) is 43.3. The van der Waals surface area contributed by atoms with Gasteiger partial charge in [0.25, 0.3) is 11.8 Å². The molecule has 1 unspecified atom stereocenters. The Labute approximate surface area is 214 Å². The van der Waals surface area contributed by atoms with Gasteiger partial charge in [-0.05, 0) is 35.6 Å². The second-order valence-electron chi connectivity index (χ2n) is 9.66. The number of nitrogens with two attached hydrogens (primary N) is 1. The molecule has 0 saturated carbocycles. The van der Waals surface area contributed by atoms with Gasteiger partial charge in [0.15, 0.2) is 11.5 Å². The SMILES string of the molecule is CC(C)CC1(c2ccccc2)N=C(N)N(Cc2ccc(Cl)c(C(=O)N3Cc4cncnc4C3)c2)C1=O. The average molecular weight is 503 g/mol. The van der Waals surface area contributed by atoms with Gasteiger partial charge in [-0.1, -0.05) is 61.8 Å². The molecular weight excluding hydrogens is 476 g/mol. The zero-order valence-corrected chi connectivity index (χ0v) is 20.9. The fourth-order valence-electron chi connectivity index (χ4n) is 4.96. The number of halogens is 1. The van der Waals surface area contributed by atoms with E-state index in [2.05, 4.69) is 23.8 Å². The molecule has 9 heteroatoms. The second-order valence-corrected chi connectivity index (χ2v) is 10.1. The maximum Gasteiger partial charge on any atom is 0.262 e. The van der Waals surface area contributed by atoms with Crippen molar-refractivity contribution in [1.82, 2.24) is 19.8 Å². The third-order valence-corrected chi connectivity index (χ3v) is 6.94. The first-order valence-corrected chi connectivity index (χ1v) is 12.2. The molecule has 0 aliphatic carbocycles.